The molecule has 3 heteroatoms. The third kappa shape index (κ3) is 3.32. The smallest absolute Gasteiger partial charge is 0.0108 e. The van der Waals surface area contributed by atoms with Crippen molar-refractivity contribution in [3.63, 3.8) is 0 Å². The van der Waals surface area contributed by atoms with Crippen molar-refractivity contribution in [2.24, 2.45) is 0 Å². The van der Waals surface area contributed by atoms with Gasteiger partial charge in [0.15, 0.2) is 0 Å². The van der Waals surface area contributed by atoms with Gasteiger partial charge in [-0.25, -0.2) is 0 Å². The molecule has 2 aliphatic heterocycles. The lowest BCUT2D eigenvalue weighted by Gasteiger charge is -2.24. The van der Waals surface area contributed by atoms with Crippen LogP contribution in [-0.2, 0) is 0 Å². The quantitative estimate of drug-likeness (QED) is 0.826. The number of hydrogen-bond acceptors (Lipinski definition) is 3. The second-order valence-electron chi connectivity index (χ2n) is 5.63. The molecule has 1 fully saturated rings. The molecule has 1 aromatic rings. The highest BCUT2D eigenvalue weighted by atomic mass is 32.2. The summed E-state index contributed by atoms with van der Waals surface area (Å²) in [5.74, 6) is 2.04. The molecule has 1 nitrogen and oxygen atoms in total. The largest absolute Gasteiger partial charge is 0.303 e. The van der Waals surface area contributed by atoms with Crippen molar-refractivity contribution < 1.29 is 0 Å². The number of fused-ring (bicyclic) bond motifs is 1. The molecule has 1 aromatic carbocycles. The van der Waals surface area contributed by atoms with Crippen LogP contribution in [-0.4, -0.2) is 41.8 Å². The lowest BCUT2D eigenvalue weighted by molar-refractivity contribution is 0.273. The fourth-order valence-electron chi connectivity index (χ4n) is 3.24. The van der Waals surface area contributed by atoms with E-state index in [0.717, 1.165) is 11.2 Å². The first-order chi connectivity index (χ1) is 9.36. The van der Waals surface area contributed by atoms with Crippen molar-refractivity contribution in [2.75, 3.05) is 31.6 Å². The van der Waals surface area contributed by atoms with Crippen LogP contribution in [0.2, 0.25) is 0 Å². The van der Waals surface area contributed by atoms with Gasteiger partial charge in [-0.2, -0.15) is 11.8 Å². The molecule has 1 saturated heterocycles. The SMILES string of the molecule is CSC1CCCN(CC2CSc3ccccc32)CC1. The number of hydrogen-bond donors (Lipinski definition) is 0. The molecule has 19 heavy (non-hydrogen) atoms. The lowest BCUT2D eigenvalue weighted by Crippen LogP contribution is -2.30. The third-order valence-electron chi connectivity index (χ3n) is 4.38. The molecular weight excluding hydrogens is 270 g/mol. The van der Waals surface area contributed by atoms with Crippen LogP contribution in [0.4, 0.5) is 0 Å². The Balaban J connectivity index is 1.60. The van der Waals surface area contributed by atoms with E-state index in [1.807, 2.05) is 11.8 Å². The van der Waals surface area contributed by atoms with Crippen LogP contribution in [0.5, 0.6) is 0 Å². The number of likely N-dealkylation sites (tertiary alicyclic amines) is 1. The van der Waals surface area contributed by atoms with Gasteiger partial charge in [0, 0.05) is 28.4 Å². The summed E-state index contributed by atoms with van der Waals surface area (Å²) in [5.41, 5.74) is 1.60. The Morgan fingerprint density at radius 2 is 2.16 bits per heavy atom. The van der Waals surface area contributed by atoms with Crippen molar-refractivity contribution in [2.45, 2.75) is 35.3 Å². The fraction of sp³-hybridized carbons (Fsp3) is 0.625. The maximum atomic E-state index is 2.71. The zero-order chi connectivity index (χ0) is 13.1. The highest BCUT2D eigenvalue weighted by molar-refractivity contribution is 7.99. The number of nitrogens with zero attached hydrogens (tertiary/aromatic N) is 1. The molecule has 0 amide bonds. The summed E-state index contributed by atoms with van der Waals surface area (Å²) in [4.78, 5) is 4.23. The molecular formula is C16H23NS2. The Bertz CT molecular complexity index is 421. The fourth-order valence-corrected chi connectivity index (χ4v) is 5.22. The predicted octanol–water partition coefficient (Wildman–Crippen LogP) is 4.09. The van der Waals surface area contributed by atoms with Gasteiger partial charge in [-0.3, -0.25) is 0 Å². The Labute approximate surface area is 125 Å². The molecule has 2 unspecified atom stereocenters. The van der Waals surface area contributed by atoms with E-state index in [0.29, 0.717) is 0 Å². The summed E-state index contributed by atoms with van der Waals surface area (Å²) in [6, 6.07) is 8.99. The minimum atomic E-state index is 0.757. The zero-order valence-corrected chi connectivity index (χ0v) is 13.3. The molecule has 0 aliphatic carbocycles. The van der Waals surface area contributed by atoms with Gasteiger partial charge in [-0.05, 0) is 50.2 Å². The molecule has 3 rings (SSSR count). The van der Waals surface area contributed by atoms with Gasteiger partial charge in [0.25, 0.3) is 0 Å². The van der Waals surface area contributed by atoms with Gasteiger partial charge in [-0.15, -0.1) is 11.8 Å². The number of benzene rings is 1. The zero-order valence-electron chi connectivity index (χ0n) is 11.7. The number of rotatable bonds is 3. The Morgan fingerprint density at radius 3 is 3.05 bits per heavy atom. The van der Waals surface area contributed by atoms with E-state index < -0.39 is 0 Å². The lowest BCUT2D eigenvalue weighted by atomic mass is 10.0. The monoisotopic (exact) mass is 293 g/mol. The summed E-state index contributed by atoms with van der Waals surface area (Å²) >= 11 is 4.11. The van der Waals surface area contributed by atoms with E-state index in [1.54, 1.807) is 5.56 Å². The van der Waals surface area contributed by atoms with E-state index in [1.165, 1.54) is 49.5 Å². The summed E-state index contributed by atoms with van der Waals surface area (Å²) in [6.07, 6.45) is 6.44. The van der Waals surface area contributed by atoms with E-state index in [-0.39, 0.29) is 0 Å². The highest BCUT2D eigenvalue weighted by Crippen LogP contribution is 2.39. The van der Waals surface area contributed by atoms with Crippen LogP contribution in [0.15, 0.2) is 29.2 Å². The van der Waals surface area contributed by atoms with Crippen LogP contribution in [0.3, 0.4) is 0 Å². The van der Waals surface area contributed by atoms with Gasteiger partial charge in [0.2, 0.25) is 0 Å². The van der Waals surface area contributed by atoms with E-state index >= 15 is 0 Å². The van der Waals surface area contributed by atoms with Gasteiger partial charge in [0.1, 0.15) is 0 Å². The van der Waals surface area contributed by atoms with Gasteiger partial charge < -0.3 is 4.90 Å². The molecule has 0 N–H and O–H groups in total. The van der Waals surface area contributed by atoms with Crippen LogP contribution in [0.25, 0.3) is 0 Å². The first-order valence-electron chi connectivity index (χ1n) is 7.33. The standard InChI is InChI=1S/C16H23NS2/c1-18-14-5-4-9-17(10-8-14)11-13-12-19-16-7-3-2-6-15(13)16/h2-3,6-7,13-14H,4-5,8-12H2,1H3. The first kappa shape index (κ1) is 13.8. The molecule has 2 aliphatic rings. The second kappa shape index (κ2) is 6.55. The topological polar surface area (TPSA) is 3.24 Å². The van der Waals surface area contributed by atoms with E-state index in [9.17, 15) is 0 Å². The predicted molar refractivity (Wildman–Crippen MR) is 87.5 cm³/mol. The van der Waals surface area contributed by atoms with E-state index in [4.69, 9.17) is 0 Å². The Morgan fingerprint density at radius 1 is 1.26 bits per heavy atom. The molecule has 0 radical (unpaired) electrons. The third-order valence-corrected chi connectivity index (χ3v) is 6.77. The first-order valence-corrected chi connectivity index (χ1v) is 9.61. The number of thioether (sulfide) groups is 2. The minimum Gasteiger partial charge on any atom is -0.303 e. The maximum Gasteiger partial charge on any atom is 0.0108 e. The van der Waals surface area contributed by atoms with Crippen LogP contribution >= 0.6 is 23.5 Å². The minimum absolute atomic E-state index is 0.757. The van der Waals surface area contributed by atoms with E-state index in [2.05, 4.69) is 47.2 Å². The maximum absolute atomic E-state index is 2.71. The van der Waals surface area contributed by atoms with Crippen molar-refractivity contribution in [1.29, 1.82) is 0 Å². The highest BCUT2D eigenvalue weighted by Gasteiger charge is 2.25. The molecule has 104 valence electrons. The van der Waals surface area contributed by atoms with Crippen LogP contribution < -0.4 is 0 Å². The van der Waals surface area contributed by atoms with Crippen LogP contribution in [0.1, 0.15) is 30.7 Å². The van der Waals surface area contributed by atoms with Gasteiger partial charge in [-0.1, -0.05) is 18.2 Å². The van der Waals surface area contributed by atoms with Crippen LogP contribution in [0, 0.1) is 0 Å². The molecule has 2 atom stereocenters. The normalized spacial score (nSPS) is 28.1. The molecule has 0 aromatic heterocycles. The Kier molecular flexibility index (Phi) is 4.78. The van der Waals surface area contributed by atoms with Crippen molar-refractivity contribution >= 4 is 23.5 Å². The molecule has 0 spiro atoms. The summed E-state index contributed by atoms with van der Waals surface area (Å²) in [7, 11) is 0. The van der Waals surface area contributed by atoms with Crippen molar-refractivity contribution in [3.8, 4) is 0 Å². The summed E-state index contributed by atoms with van der Waals surface area (Å²) in [6.45, 7) is 3.88. The van der Waals surface area contributed by atoms with Crippen molar-refractivity contribution in [1.82, 2.24) is 4.90 Å². The molecule has 0 saturated carbocycles. The van der Waals surface area contributed by atoms with Gasteiger partial charge in [0.05, 0.1) is 0 Å². The van der Waals surface area contributed by atoms with Gasteiger partial charge >= 0.3 is 0 Å². The molecule has 2 heterocycles. The summed E-state index contributed by atoms with van der Waals surface area (Å²) < 4.78 is 0. The average Bonchev–Trinajstić information content (AvgIpc) is 2.71. The average molecular weight is 294 g/mol. The summed E-state index contributed by atoms with van der Waals surface area (Å²) in [5, 5.41) is 0.898. The Hall–Kier alpha value is -0.120. The second-order valence-corrected chi connectivity index (χ2v) is 7.83. The molecule has 0 bridgehead atoms. The van der Waals surface area contributed by atoms with Crippen molar-refractivity contribution in [3.05, 3.63) is 29.8 Å².